The van der Waals surface area contributed by atoms with Crippen LogP contribution in [0.1, 0.15) is 38.8 Å². The fraction of sp³-hybridized carbons (Fsp3) is 0.800. The second kappa shape index (κ2) is 7.64. The van der Waals surface area contributed by atoms with Gasteiger partial charge in [0.05, 0.1) is 5.69 Å². The van der Waals surface area contributed by atoms with Crippen molar-refractivity contribution in [3.8, 4) is 0 Å². The van der Waals surface area contributed by atoms with Crippen LogP contribution in [0.15, 0.2) is 6.20 Å². The van der Waals surface area contributed by atoms with Crippen LogP contribution in [0.2, 0.25) is 0 Å². The Morgan fingerprint density at radius 2 is 2.30 bits per heavy atom. The van der Waals surface area contributed by atoms with Crippen LogP contribution in [0.3, 0.4) is 0 Å². The van der Waals surface area contributed by atoms with E-state index in [1.807, 2.05) is 6.92 Å². The fourth-order valence-corrected chi connectivity index (χ4v) is 2.72. The normalized spacial score (nSPS) is 19.6. The smallest absolute Gasteiger partial charge is 0.205 e. The third kappa shape index (κ3) is 3.96. The molecule has 1 unspecified atom stereocenters. The van der Waals surface area contributed by atoms with Crippen molar-refractivity contribution < 1.29 is 4.74 Å². The lowest BCUT2D eigenvalue weighted by molar-refractivity contribution is 0.141. The molecule has 0 spiro atoms. The molecule has 0 aromatic carbocycles. The van der Waals surface area contributed by atoms with Gasteiger partial charge in [-0.2, -0.15) is 0 Å². The summed E-state index contributed by atoms with van der Waals surface area (Å²) in [5, 5.41) is 0. The lowest BCUT2D eigenvalue weighted by Crippen LogP contribution is -2.44. The number of aryl methyl sites for hydroxylation is 2. The van der Waals surface area contributed by atoms with Crippen LogP contribution in [-0.2, 0) is 17.7 Å². The molecule has 20 heavy (non-hydrogen) atoms. The molecule has 0 bridgehead atoms. The molecule has 1 aliphatic heterocycles. The number of nitrogens with two attached hydrogens (primary N) is 1. The highest BCUT2D eigenvalue weighted by Gasteiger charge is 2.21. The van der Waals surface area contributed by atoms with Gasteiger partial charge in [0.2, 0.25) is 5.95 Å². The van der Waals surface area contributed by atoms with Crippen LogP contribution < -0.4 is 10.6 Å². The molecule has 2 heterocycles. The number of hydrogen-bond donors (Lipinski definition) is 1. The van der Waals surface area contributed by atoms with Crippen molar-refractivity contribution in [3.63, 3.8) is 0 Å². The quantitative estimate of drug-likeness (QED) is 0.774. The fourth-order valence-electron chi connectivity index (χ4n) is 2.72. The van der Waals surface area contributed by atoms with Gasteiger partial charge < -0.3 is 19.9 Å². The summed E-state index contributed by atoms with van der Waals surface area (Å²) < 4.78 is 7.70. The molecule has 1 saturated heterocycles. The third-order valence-corrected chi connectivity index (χ3v) is 3.80. The molecule has 0 aliphatic carbocycles. The van der Waals surface area contributed by atoms with E-state index in [4.69, 9.17) is 15.5 Å². The van der Waals surface area contributed by atoms with E-state index in [0.29, 0.717) is 0 Å². The summed E-state index contributed by atoms with van der Waals surface area (Å²) in [5.41, 5.74) is 7.26. The standard InChI is InChI=1S/C15H28N4O/c1-3-14-12-19(9-6-10-20-4-2)15(17-14)18-8-5-7-13(16)11-18/h12-13H,3-11,16H2,1-2H3. The van der Waals surface area contributed by atoms with Crippen LogP contribution in [0.5, 0.6) is 0 Å². The Balaban J connectivity index is 2.03. The summed E-state index contributed by atoms with van der Waals surface area (Å²) in [4.78, 5) is 7.12. The molecule has 5 heteroatoms. The van der Waals surface area contributed by atoms with Gasteiger partial charge in [0, 0.05) is 45.1 Å². The highest BCUT2D eigenvalue weighted by molar-refractivity contribution is 5.34. The topological polar surface area (TPSA) is 56.3 Å². The number of hydrogen-bond acceptors (Lipinski definition) is 4. The maximum atomic E-state index is 6.09. The monoisotopic (exact) mass is 280 g/mol. The summed E-state index contributed by atoms with van der Waals surface area (Å²) in [6, 6.07) is 0.280. The van der Waals surface area contributed by atoms with Crippen LogP contribution in [0, 0.1) is 0 Å². The van der Waals surface area contributed by atoms with Gasteiger partial charge in [-0.05, 0) is 32.6 Å². The van der Waals surface area contributed by atoms with E-state index < -0.39 is 0 Å². The van der Waals surface area contributed by atoms with E-state index in [0.717, 1.165) is 70.2 Å². The Hall–Kier alpha value is -1.07. The van der Waals surface area contributed by atoms with Gasteiger partial charge in [-0.1, -0.05) is 6.92 Å². The third-order valence-electron chi connectivity index (χ3n) is 3.80. The van der Waals surface area contributed by atoms with E-state index in [-0.39, 0.29) is 6.04 Å². The van der Waals surface area contributed by atoms with E-state index in [9.17, 15) is 0 Å². The molecule has 0 saturated carbocycles. The van der Waals surface area contributed by atoms with E-state index in [1.165, 1.54) is 0 Å². The summed E-state index contributed by atoms with van der Waals surface area (Å²) in [6.07, 6.45) is 6.48. The minimum absolute atomic E-state index is 0.280. The SMILES string of the molecule is CCOCCCn1cc(CC)nc1N1CCCC(N)C1. The predicted octanol–water partition coefficient (Wildman–Crippen LogP) is 1.80. The van der Waals surface area contributed by atoms with Gasteiger partial charge >= 0.3 is 0 Å². The second-order valence-corrected chi connectivity index (χ2v) is 5.48. The van der Waals surface area contributed by atoms with Crippen molar-refractivity contribution >= 4 is 5.95 Å². The first-order valence-corrected chi connectivity index (χ1v) is 7.88. The lowest BCUT2D eigenvalue weighted by atomic mass is 10.1. The van der Waals surface area contributed by atoms with Crippen molar-refractivity contribution in [2.24, 2.45) is 5.73 Å². The Kier molecular flexibility index (Phi) is 5.86. The molecular weight excluding hydrogens is 252 g/mol. The summed E-state index contributed by atoms with van der Waals surface area (Å²) in [5.74, 6) is 1.09. The average Bonchev–Trinajstić information content (AvgIpc) is 2.87. The molecule has 0 amide bonds. The zero-order chi connectivity index (χ0) is 14.4. The molecule has 2 rings (SSSR count). The Bertz CT molecular complexity index is 405. The highest BCUT2D eigenvalue weighted by Crippen LogP contribution is 2.20. The van der Waals surface area contributed by atoms with E-state index in [2.05, 4.69) is 22.6 Å². The average molecular weight is 280 g/mol. The number of rotatable bonds is 7. The zero-order valence-electron chi connectivity index (χ0n) is 12.8. The number of anilines is 1. The molecule has 1 aromatic heterocycles. The van der Waals surface area contributed by atoms with Crippen LogP contribution in [0.4, 0.5) is 5.95 Å². The molecule has 5 nitrogen and oxygen atoms in total. The lowest BCUT2D eigenvalue weighted by Gasteiger charge is -2.31. The van der Waals surface area contributed by atoms with Crippen molar-refractivity contribution in [3.05, 3.63) is 11.9 Å². The maximum Gasteiger partial charge on any atom is 0.205 e. The van der Waals surface area contributed by atoms with Crippen molar-refractivity contribution in [1.82, 2.24) is 9.55 Å². The van der Waals surface area contributed by atoms with Crippen molar-refractivity contribution in [2.75, 3.05) is 31.2 Å². The van der Waals surface area contributed by atoms with E-state index >= 15 is 0 Å². The first kappa shape index (κ1) is 15.3. The van der Waals surface area contributed by atoms with Gasteiger partial charge in [-0.3, -0.25) is 0 Å². The summed E-state index contributed by atoms with van der Waals surface area (Å²) in [7, 11) is 0. The second-order valence-electron chi connectivity index (χ2n) is 5.48. The first-order chi connectivity index (χ1) is 9.74. The summed E-state index contributed by atoms with van der Waals surface area (Å²) in [6.45, 7) is 8.75. The largest absolute Gasteiger partial charge is 0.382 e. The molecule has 1 aliphatic rings. The van der Waals surface area contributed by atoms with Gasteiger partial charge in [-0.15, -0.1) is 0 Å². The molecule has 1 aromatic rings. The van der Waals surface area contributed by atoms with Crippen LogP contribution >= 0.6 is 0 Å². The molecular formula is C15H28N4O. The number of piperidine rings is 1. The molecule has 0 radical (unpaired) electrons. The Morgan fingerprint density at radius 1 is 1.45 bits per heavy atom. The Morgan fingerprint density at radius 3 is 3.00 bits per heavy atom. The first-order valence-electron chi connectivity index (χ1n) is 7.88. The molecule has 1 fully saturated rings. The molecule has 1 atom stereocenters. The molecule has 2 N–H and O–H groups in total. The van der Waals surface area contributed by atoms with Crippen molar-refractivity contribution in [2.45, 2.75) is 52.1 Å². The van der Waals surface area contributed by atoms with Gasteiger partial charge in [0.1, 0.15) is 0 Å². The van der Waals surface area contributed by atoms with Crippen LogP contribution in [-0.4, -0.2) is 41.9 Å². The minimum Gasteiger partial charge on any atom is -0.382 e. The predicted molar refractivity (Wildman–Crippen MR) is 82.1 cm³/mol. The number of aromatic nitrogens is 2. The minimum atomic E-state index is 0.280. The Labute approximate surface area is 122 Å². The summed E-state index contributed by atoms with van der Waals surface area (Å²) >= 11 is 0. The highest BCUT2D eigenvalue weighted by atomic mass is 16.5. The van der Waals surface area contributed by atoms with Gasteiger partial charge in [0.25, 0.3) is 0 Å². The number of ether oxygens (including phenoxy) is 1. The number of imidazole rings is 1. The van der Waals surface area contributed by atoms with Gasteiger partial charge in [0.15, 0.2) is 0 Å². The molecule has 114 valence electrons. The van der Waals surface area contributed by atoms with Crippen molar-refractivity contribution in [1.29, 1.82) is 0 Å². The van der Waals surface area contributed by atoms with E-state index in [1.54, 1.807) is 0 Å². The zero-order valence-corrected chi connectivity index (χ0v) is 12.8. The van der Waals surface area contributed by atoms with Gasteiger partial charge in [-0.25, -0.2) is 4.98 Å². The van der Waals surface area contributed by atoms with Crippen LogP contribution in [0.25, 0.3) is 0 Å². The number of nitrogens with zero attached hydrogens (tertiary/aromatic N) is 3. The maximum absolute atomic E-state index is 6.09.